The van der Waals surface area contributed by atoms with Crippen molar-refractivity contribution in [3.05, 3.63) is 0 Å². The van der Waals surface area contributed by atoms with Gasteiger partial charge in [-0.2, -0.15) is 0 Å². The molecule has 41 heavy (non-hydrogen) atoms. The number of hydrogen-bond acceptors (Lipinski definition) is 0. The molecule has 0 fully saturated rings. The van der Waals surface area contributed by atoms with Gasteiger partial charge in [0, 0.05) is 0 Å². The average Bonchev–Trinajstić information content (AvgIpc) is 3.00. The first-order valence-electron chi connectivity index (χ1n) is 19.2. The Morgan fingerprint density at radius 2 is 0.415 bits per heavy atom. The predicted octanol–water partition coefficient (Wildman–Crippen LogP) is 14.5. The van der Waals surface area contributed by atoms with Gasteiger partial charge in [0.15, 0.2) is 0 Å². The summed E-state index contributed by atoms with van der Waals surface area (Å²) in [6, 6.07) is 0. The molecule has 0 unspecified atom stereocenters. The summed E-state index contributed by atoms with van der Waals surface area (Å²) in [6.07, 6.45) is 40.7. The van der Waals surface area contributed by atoms with E-state index in [9.17, 15) is 9.69 Å². The summed E-state index contributed by atoms with van der Waals surface area (Å²) in [6.45, 7) is 22.4. The van der Waals surface area contributed by atoms with E-state index < -0.39 is 29.1 Å². The zero-order valence-corrected chi connectivity index (χ0v) is 35.8. The summed E-state index contributed by atoms with van der Waals surface area (Å²) in [4.78, 5) is 0. The van der Waals surface area contributed by atoms with Crippen molar-refractivity contribution < 1.29 is 12.3 Å². The third-order valence-corrected chi connectivity index (χ3v) is 114. The maximum atomic E-state index is 9.58. The van der Waals surface area contributed by atoms with Gasteiger partial charge in [0.2, 0.25) is 0 Å². The molecule has 0 aromatic carbocycles. The fraction of sp³-hybridized carbons (Fsp3) is 1.00. The molecule has 0 N–H and O–H groups in total. The van der Waals surface area contributed by atoms with Crippen LogP contribution in [0, 0.1) is 0 Å². The third-order valence-electron chi connectivity index (χ3n) is 10.3. The van der Waals surface area contributed by atoms with Crippen LogP contribution < -0.4 is 0 Å². The van der Waals surface area contributed by atoms with E-state index in [0.29, 0.717) is 0 Å². The van der Waals surface area contributed by atoms with Gasteiger partial charge in [0.05, 0.1) is 0 Å². The second-order valence-electron chi connectivity index (χ2n) is 13.8. The van der Waals surface area contributed by atoms with Crippen molar-refractivity contribution in [1.29, 1.82) is 0 Å². The van der Waals surface area contributed by atoms with Crippen LogP contribution in [0.1, 0.15) is 178 Å². The quantitative estimate of drug-likeness (QED) is 0.0507. The van der Waals surface area contributed by atoms with Gasteiger partial charge in [-0.15, -0.1) is 0 Å². The van der Waals surface area contributed by atoms with Gasteiger partial charge in [0.1, 0.15) is 0 Å². The second kappa shape index (κ2) is 25.3. The molecule has 0 heterocycles. The van der Waals surface area contributed by atoms with Crippen LogP contribution in [0.2, 0.25) is 0 Å². The summed E-state index contributed by atoms with van der Waals surface area (Å²) in [5.74, 6) is 0. The van der Waals surface area contributed by atoms with Gasteiger partial charge in [-0.25, -0.2) is 0 Å². The molecule has 0 atom stereocenters. The van der Waals surface area contributed by atoms with Crippen LogP contribution in [-0.2, 0) is 12.3 Å². The summed E-state index contributed by atoms with van der Waals surface area (Å²) >= 11 is -2.55. The molecule has 0 spiro atoms. The molecule has 258 valence electrons. The second-order valence-corrected chi connectivity index (χ2v) is 65.9. The molecule has 0 saturated carbocycles. The van der Waals surface area contributed by atoms with Crippen LogP contribution in [0.25, 0.3) is 0 Å². The van der Waals surface area contributed by atoms with Crippen molar-refractivity contribution in [2.24, 2.45) is 0 Å². The molecule has 0 amide bonds. The van der Waals surface area contributed by atoms with Crippen molar-refractivity contribution in [3.63, 3.8) is 0 Å². The van der Waals surface area contributed by atoms with Crippen LogP contribution in [0.4, 0.5) is 0 Å². The number of halogens is 1. The van der Waals surface area contributed by atoms with E-state index in [1.165, 1.54) is 116 Å². The first-order chi connectivity index (χ1) is 19.8. The van der Waals surface area contributed by atoms with Crippen LogP contribution in [0.15, 0.2) is 0 Å². The van der Waals surface area contributed by atoms with E-state index in [1.54, 1.807) is 55.5 Å². The van der Waals surface area contributed by atoms with E-state index >= 15 is 0 Å². The first kappa shape index (κ1) is 43.2. The number of unbranched alkanes of at least 4 members (excludes halogenated alkanes) is 9. The average molecular weight is 747 g/mol. The summed E-state index contributed by atoms with van der Waals surface area (Å²) < 4.78 is 0. The van der Waals surface area contributed by atoms with Gasteiger partial charge >= 0.3 is 272 Å². The topological polar surface area (TPSA) is 0 Å². The summed E-state index contributed by atoms with van der Waals surface area (Å²) in [5.41, 5.74) is -4.87. The molecule has 0 aromatic heterocycles. The van der Waals surface area contributed by atoms with Crippen molar-refractivity contribution in [3.8, 4) is 0 Å². The van der Waals surface area contributed by atoms with Crippen LogP contribution >= 0.6 is 26.5 Å². The molecular formula is C36H84ClP3Ru. The monoisotopic (exact) mass is 746 g/mol. The standard InChI is InChI=1S/3C12H27P.ClH.Ru/c3*1-4-7-10-13(11-8-5-2)12-9-6-3;;/h3*4-12H2,1-3H3;1H;/q;;;;-2/p+2. The first-order valence-corrected chi connectivity index (χ1v) is 36.7. The van der Waals surface area contributed by atoms with E-state index in [1.807, 2.05) is 0 Å². The van der Waals surface area contributed by atoms with E-state index in [0.717, 1.165) is 0 Å². The molecule has 0 aliphatic rings. The van der Waals surface area contributed by atoms with Gasteiger partial charge < -0.3 is 0 Å². The van der Waals surface area contributed by atoms with Crippen molar-refractivity contribution in [2.45, 2.75) is 178 Å². The van der Waals surface area contributed by atoms with Crippen molar-refractivity contribution in [2.75, 3.05) is 55.5 Å². The maximum absolute atomic E-state index is 9.58. The molecule has 0 nitrogen and oxygen atoms in total. The molecule has 0 saturated heterocycles. The fourth-order valence-corrected chi connectivity index (χ4v) is 147. The minimum atomic E-state index is -2.55. The van der Waals surface area contributed by atoms with E-state index in [2.05, 4.69) is 62.3 Å². The Morgan fingerprint density at radius 3 is 0.512 bits per heavy atom. The number of rotatable bonds is 30. The van der Waals surface area contributed by atoms with Crippen LogP contribution in [0.3, 0.4) is 0 Å². The molecule has 0 bridgehead atoms. The van der Waals surface area contributed by atoms with Crippen LogP contribution in [-0.4, -0.2) is 55.5 Å². The molecule has 5 heteroatoms. The fourth-order valence-electron chi connectivity index (χ4n) is 7.82. The normalized spacial score (nSPS) is 16.4. The molecule has 0 aliphatic carbocycles. The third kappa shape index (κ3) is 12.4. The van der Waals surface area contributed by atoms with Crippen molar-refractivity contribution >= 4 is 26.5 Å². The Hall–Kier alpha value is 2.20. The number of hydrogen-bond donors (Lipinski definition) is 0. The Morgan fingerprint density at radius 1 is 0.293 bits per heavy atom. The summed E-state index contributed by atoms with van der Waals surface area (Å²) in [7, 11) is 9.58. The van der Waals surface area contributed by atoms with E-state index in [-0.39, 0.29) is 0 Å². The van der Waals surface area contributed by atoms with Crippen molar-refractivity contribution in [1.82, 2.24) is 0 Å². The molecule has 0 rings (SSSR count). The zero-order valence-electron chi connectivity index (χ0n) is 30.3. The Kier molecular flexibility index (Phi) is 26.7. The SMILES string of the molecule is CCCC[PH](CCCC)(CCCC)[Ru]([Cl])([PH](CCCC)(CCCC)CCCC)[PH](CCCC)(CCCC)CCCC. The van der Waals surface area contributed by atoms with Crippen LogP contribution in [0.5, 0.6) is 0 Å². The van der Waals surface area contributed by atoms with Gasteiger partial charge in [-0.3, -0.25) is 0 Å². The van der Waals surface area contributed by atoms with Gasteiger partial charge in [-0.1, -0.05) is 0 Å². The Labute approximate surface area is 270 Å². The molecule has 0 aromatic rings. The summed E-state index contributed by atoms with van der Waals surface area (Å²) in [5, 5.41) is 0. The predicted molar refractivity (Wildman–Crippen MR) is 209 cm³/mol. The molecular weight excluding hydrogens is 662 g/mol. The van der Waals surface area contributed by atoms with Gasteiger partial charge in [0.25, 0.3) is 0 Å². The Balaban J connectivity index is 8.13. The zero-order chi connectivity index (χ0) is 31.1. The molecule has 0 aliphatic heterocycles. The van der Waals surface area contributed by atoms with Gasteiger partial charge in [-0.05, 0) is 0 Å². The molecule has 0 radical (unpaired) electrons. The minimum absolute atomic E-state index is 1.39. The Bertz CT molecular complexity index is 455. The van der Waals surface area contributed by atoms with E-state index in [4.69, 9.17) is 0 Å².